The van der Waals surface area contributed by atoms with Crippen molar-refractivity contribution in [1.29, 1.82) is 0 Å². The summed E-state index contributed by atoms with van der Waals surface area (Å²) in [5, 5.41) is 5.09. The average Bonchev–Trinajstić information content (AvgIpc) is 2.68. The Morgan fingerprint density at radius 2 is 2.57 bits per heavy atom. The Kier molecular flexibility index (Phi) is 3.84. The van der Waals surface area contributed by atoms with Crippen LogP contribution in [0.2, 0.25) is 0 Å². The number of anilines is 1. The van der Waals surface area contributed by atoms with E-state index >= 15 is 0 Å². The molecule has 6 heteroatoms. The van der Waals surface area contributed by atoms with Crippen LogP contribution in [-0.2, 0) is 0 Å². The molecule has 0 radical (unpaired) electrons. The lowest BCUT2D eigenvalue weighted by atomic mass is 10.3. The fraction of sp³-hybridized carbons (Fsp3) is 0.500. The number of carbonyl (C=O) groups is 1. The van der Waals surface area contributed by atoms with Crippen LogP contribution >= 0.6 is 11.3 Å². The van der Waals surface area contributed by atoms with Crippen LogP contribution in [0.5, 0.6) is 0 Å². The minimum absolute atomic E-state index is 0.0231. The second-order valence-electron chi connectivity index (χ2n) is 2.96. The Hall–Kier alpha value is -1.14. The van der Waals surface area contributed by atoms with Crippen molar-refractivity contribution in [1.82, 2.24) is 9.88 Å². The predicted molar refractivity (Wildman–Crippen MR) is 57.4 cm³/mol. The molecular formula is C8H14N4OS. The molecule has 0 aliphatic carbocycles. The molecule has 1 aromatic rings. The average molecular weight is 214 g/mol. The maximum absolute atomic E-state index is 11.5. The molecule has 78 valence electrons. The molecule has 14 heavy (non-hydrogen) atoms. The quantitative estimate of drug-likeness (QED) is 0.787. The van der Waals surface area contributed by atoms with Crippen LogP contribution in [-0.4, -0.2) is 35.5 Å². The summed E-state index contributed by atoms with van der Waals surface area (Å²) in [5.41, 5.74) is 5.45. The van der Waals surface area contributed by atoms with Crippen LogP contribution < -0.4 is 11.1 Å². The number of nitrogens with one attached hydrogen (secondary N) is 1. The van der Waals surface area contributed by atoms with Crippen LogP contribution in [0.4, 0.5) is 9.93 Å². The van der Waals surface area contributed by atoms with Crippen LogP contribution in [0.15, 0.2) is 11.6 Å². The largest absolute Gasteiger partial charge is 0.328 e. The summed E-state index contributed by atoms with van der Waals surface area (Å²) >= 11 is 1.39. The number of rotatable bonds is 3. The van der Waals surface area contributed by atoms with Crippen molar-refractivity contribution in [2.24, 2.45) is 5.73 Å². The first kappa shape index (κ1) is 10.9. The number of carbonyl (C=O) groups excluding carboxylic acids is 1. The van der Waals surface area contributed by atoms with E-state index in [0.717, 1.165) is 0 Å². The Morgan fingerprint density at radius 1 is 1.86 bits per heavy atom. The number of nitrogens with zero attached hydrogens (tertiary/aromatic N) is 2. The minimum atomic E-state index is -0.182. The number of thiazole rings is 1. The van der Waals surface area contributed by atoms with Gasteiger partial charge in [-0.2, -0.15) is 0 Å². The van der Waals surface area contributed by atoms with E-state index in [1.807, 2.05) is 12.3 Å². The molecule has 0 aliphatic heterocycles. The normalized spacial score (nSPS) is 12.2. The maximum atomic E-state index is 11.5. The lowest BCUT2D eigenvalue weighted by Crippen LogP contribution is -2.42. The number of amides is 2. The number of hydrogen-bond donors (Lipinski definition) is 2. The summed E-state index contributed by atoms with van der Waals surface area (Å²) in [6.45, 7) is 2.34. The van der Waals surface area contributed by atoms with Crippen LogP contribution in [0.3, 0.4) is 0 Å². The molecular weight excluding hydrogens is 200 g/mol. The predicted octanol–water partition coefficient (Wildman–Crippen LogP) is 0.954. The second-order valence-corrected chi connectivity index (χ2v) is 3.86. The third kappa shape index (κ3) is 2.68. The van der Waals surface area contributed by atoms with Gasteiger partial charge in [0.15, 0.2) is 5.13 Å². The highest BCUT2D eigenvalue weighted by molar-refractivity contribution is 7.13. The number of likely N-dealkylation sites (N-methyl/N-ethyl adjacent to an activating group) is 1. The van der Waals surface area contributed by atoms with Gasteiger partial charge in [-0.1, -0.05) is 0 Å². The lowest BCUT2D eigenvalue weighted by Gasteiger charge is -2.23. The highest BCUT2D eigenvalue weighted by Crippen LogP contribution is 2.11. The Balaban J connectivity index is 2.50. The van der Waals surface area contributed by atoms with Gasteiger partial charge in [0.1, 0.15) is 0 Å². The standard InChI is InChI=1S/C8H14N4OS/c1-6(5-9)12(2)8(13)11-7-10-3-4-14-7/h3-4,6H,5,9H2,1-2H3,(H,10,11,13). The van der Waals surface area contributed by atoms with Crippen molar-refractivity contribution < 1.29 is 4.79 Å². The highest BCUT2D eigenvalue weighted by Gasteiger charge is 2.14. The van der Waals surface area contributed by atoms with Crippen molar-refractivity contribution >= 4 is 22.5 Å². The van der Waals surface area contributed by atoms with Gasteiger partial charge in [0, 0.05) is 31.2 Å². The molecule has 1 rings (SSSR count). The van der Waals surface area contributed by atoms with Gasteiger partial charge in [-0.05, 0) is 6.92 Å². The zero-order valence-corrected chi connectivity index (χ0v) is 9.04. The van der Waals surface area contributed by atoms with E-state index in [0.29, 0.717) is 11.7 Å². The third-order valence-corrected chi connectivity index (χ3v) is 2.66. The van der Waals surface area contributed by atoms with Gasteiger partial charge in [0.2, 0.25) is 0 Å². The zero-order valence-electron chi connectivity index (χ0n) is 8.23. The van der Waals surface area contributed by atoms with Gasteiger partial charge in [0.05, 0.1) is 0 Å². The fourth-order valence-corrected chi connectivity index (χ4v) is 1.34. The SMILES string of the molecule is CC(CN)N(C)C(=O)Nc1nccs1. The Bertz CT molecular complexity index is 288. The van der Waals surface area contributed by atoms with Crippen molar-refractivity contribution in [3.05, 3.63) is 11.6 Å². The first-order chi connectivity index (χ1) is 6.65. The Labute approximate surface area is 86.9 Å². The van der Waals surface area contributed by atoms with Crippen LogP contribution in [0, 0.1) is 0 Å². The van der Waals surface area contributed by atoms with Gasteiger partial charge < -0.3 is 10.6 Å². The summed E-state index contributed by atoms with van der Waals surface area (Å²) in [4.78, 5) is 17.0. The number of nitrogens with two attached hydrogens (primary N) is 1. The molecule has 0 saturated carbocycles. The zero-order chi connectivity index (χ0) is 10.6. The summed E-state index contributed by atoms with van der Waals surface area (Å²) in [5.74, 6) is 0. The second kappa shape index (κ2) is 4.92. The summed E-state index contributed by atoms with van der Waals surface area (Å²) in [7, 11) is 1.71. The molecule has 0 aromatic carbocycles. The molecule has 0 fully saturated rings. The first-order valence-corrected chi connectivity index (χ1v) is 5.16. The number of urea groups is 1. The smallest absolute Gasteiger partial charge is 0.323 e. The molecule has 1 heterocycles. The maximum Gasteiger partial charge on any atom is 0.323 e. The summed E-state index contributed by atoms with van der Waals surface area (Å²) in [6, 6.07) is -0.159. The molecule has 1 atom stereocenters. The van der Waals surface area contributed by atoms with E-state index in [9.17, 15) is 4.79 Å². The molecule has 1 unspecified atom stereocenters. The van der Waals surface area contributed by atoms with Crippen molar-refractivity contribution in [2.75, 3.05) is 18.9 Å². The summed E-state index contributed by atoms with van der Waals surface area (Å²) in [6.07, 6.45) is 1.65. The van der Waals surface area contributed by atoms with E-state index in [4.69, 9.17) is 5.73 Å². The van der Waals surface area contributed by atoms with Gasteiger partial charge in [-0.3, -0.25) is 5.32 Å². The summed E-state index contributed by atoms with van der Waals surface area (Å²) < 4.78 is 0. The van der Waals surface area contributed by atoms with E-state index in [1.165, 1.54) is 11.3 Å². The van der Waals surface area contributed by atoms with E-state index in [2.05, 4.69) is 10.3 Å². The van der Waals surface area contributed by atoms with Gasteiger partial charge in [-0.25, -0.2) is 9.78 Å². The number of aromatic nitrogens is 1. The minimum Gasteiger partial charge on any atom is -0.328 e. The van der Waals surface area contributed by atoms with E-state index in [-0.39, 0.29) is 12.1 Å². The van der Waals surface area contributed by atoms with Crippen molar-refractivity contribution in [3.8, 4) is 0 Å². The van der Waals surface area contributed by atoms with Gasteiger partial charge in [0.25, 0.3) is 0 Å². The van der Waals surface area contributed by atoms with Gasteiger partial charge in [-0.15, -0.1) is 11.3 Å². The first-order valence-electron chi connectivity index (χ1n) is 4.28. The topological polar surface area (TPSA) is 71.2 Å². The molecule has 3 N–H and O–H groups in total. The highest BCUT2D eigenvalue weighted by atomic mass is 32.1. The van der Waals surface area contributed by atoms with E-state index in [1.54, 1.807) is 18.1 Å². The molecule has 0 bridgehead atoms. The Morgan fingerprint density at radius 3 is 3.07 bits per heavy atom. The molecule has 1 aromatic heterocycles. The van der Waals surface area contributed by atoms with Crippen molar-refractivity contribution in [3.63, 3.8) is 0 Å². The fourth-order valence-electron chi connectivity index (χ4n) is 0.823. The number of hydrogen-bond acceptors (Lipinski definition) is 4. The third-order valence-electron chi connectivity index (χ3n) is 1.97. The van der Waals surface area contributed by atoms with Crippen LogP contribution in [0.25, 0.3) is 0 Å². The van der Waals surface area contributed by atoms with Crippen LogP contribution in [0.1, 0.15) is 6.92 Å². The lowest BCUT2D eigenvalue weighted by molar-refractivity contribution is 0.209. The molecule has 2 amide bonds. The molecule has 0 spiro atoms. The monoisotopic (exact) mass is 214 g/mol. The molecule has 0 saturated heterocycles. The molecule has 5 nitrogen and oxygen atoms in total. The van der Waals surface area contributed by atoms with Crippen molar-refractivity contribution in [2.45, 2.75) is 13.0 Å². The molecule has 0 aliphatic rings. The van der Waals surface area contributed by atoms with E-state index < -0.39 is 0 Å². The van der Waals surface area contributed by atoms with Gasteiger partial charge >= 0.3 is 6.03 Å².